The van der Waals surface area contributed by atoms with Crippen molar-refractivity contribution in [3.05, 3.63) is 76.3 Å². The minimum Gasteiger partial charge on any atom is -0.456 e. The van der Waals surface area contributed by atoms with Crippen LogP contribution < -0.4 is 19.9 Å². The Morgan fingerprint density at radius 1 is 1.04 bits per heavy atom. The van der Waals surface area contributed by atoms with E-state index in [-0.39, 0.29) is 5.54 Å². The van der Waals surface area contributed by atoms with Gasteiger partial charge in [-0.2, -0.15) is 0 Å². The van der Waals surface area contributed by atoms with E-state index in [1.54, 1.807) is 0 Å². The molecule has 2 aromatic carbocycles. The largest absolute Gasteiger partial charge is 0.456 e. The molecule has 0 unspecified atom stereocenters. The Bertz CT molecular complexity index is 1070. The van der Waals surface area contributed by atoms with E-state index in [0.717, 1.165) is 23.6 Å². The number of likely N-dealkylation sites (N-methyl/N-ethyl adjacent to an activating group) is 1. The summed E-state index contributed by atoms with van der Waals surface area (Å²) in [7, 11) is 0. The molecule has 0 bridgehead atoms. The van der Waals surface area contributed by atoms with Gasteiger partial charge in [0.25, 0.3) is 0 Å². The summed E-state index contributed by atoms with van der Waals surface area (Å²) in [5.41, 5.74) is 5.01. The predicted molar refractivity (Wildman–Crippen MR) is 109 cm³/mol. The van der Waals surface area contributed by atoms with Crippen LogP contribution in [0.25, 0.3) is 16.9 Å². The highest BCUT2D eigenvalue weighted by atomic mass is 16.5. The molecule has 0 saturated heterocycles. The average Bonchev–Trinajstić information content (AvgIpc) is 2.61. The van der Waals surface area contributed by atoms with Crippen molar-refractivity contribution < 1.29 is 4.74 Å². The lowest BCUT2D eigenvalue weighted by Crippen LogP contribution is -2.49. The van der Waals surface area contributed by atoms with Crippen LogP contribution in [0.5, 0.6) is 5.75 Å². The molecule has 2 heteroatoms. The topological polar surface area (TPSA) is 12.2 Å². The van der Waals surface area contributed by atoms with Crippen molar-refractivity contribution in [2.75, 3.05) is 6.54 Å². The number of rotatable bonds is 2. The molecule has 0 atom stereocenters. The van der Waals surface area contributed by atoms with Gasteiger partial charge in [0.05, 0.1) is 6.07 Å². The van der Waals surface area contributed by atoms with Gasteiger partial charge < -0.3 is 4.74 Å². The lowest BCUT2D eigenvalue weighted by atomic mass is 9.91. The van der Waals surface area contributed by atoms with Crippen LogP contribution in [0.15, 0.2) is 54.6 Å². The van der Waals surface area contributed by atoms with Crippen molar-refractivity contribution in [3.8, 4) is 5.75 Å². The fraction of sp³-hybridized carbons (Fsp3) is 0.292. The van der Waals surface area contributed by atoms with E-state index in [1.807, 2.05) is 18.2 Å². The summed E-state index contributed by atoms with van der Waals surface area (Å²) in [6.07, 6.45) is 4.52. The smallest absolute Gasteiger partial charge is 0.211 e. The minimum absolute atomic E-state index is 0.00555. The summed E-state index contributed by atoms with van der Waals surface area (Å²) in [4.78, 5) is 0. The molecule has 0 spiro atoms. The van der Waals surface area contributed by atoms with Crippen LogP contribution in [0.4, 0.5) is 0 Å². The average molecular weight is 344 g/mol. The molecule has 2 aromatic rings. The van der Waals surface area contributed by atoms with Gasteiger partial charge in [-0.05, 0) is 50.1 Å². The van der Waals surface area contributed by atoms with Crippen molar-refractivity contribution in [2.24, 2.45) is 0 Å². The number of fused-ring (bicyclic) bond motifs is 2. The van der Waals surface area contributed by atoms with Gasteiger partial charge in [0, 0.05) is 30.2 Å². The van der Waals surface area contributed by atoms with Crippen LogP contribution in [0.2, 0.25) is 0 Å². The molecule has 0 amide bonds. The van der Waals surface area contributed by atoms with Gasteiger partial charge in [-0.3, -0.25) is 0 Å². The van der Waals surface area contributed by atoms with Crippen molar-refractivity contribution in [1.29, 1.82) is 0 Å². The molecular weight excluding hydrogens is 318 g/mol. The van der Waals surface area contributed by atoms with Gasteiger partial charge in [0.1, 0.15) is 18.1 Å². The molecular formula is C24H26NO+. The van der Waals surface area contributed by atoms with Crippen molar-refractivity contribution in [3.63, 3.8) is 0 Å². The molecule has 0 aromatic heterocycles. The molecule has 2 nitrogen and oxygen atoms in total. The zero-order valence-corrected chi connectivity index (χ0v) is 16.3. The second-order valence-corrected chi connectivity index (χ2v) is 7.75. The molecule has 0 radical (unpaired) electrons. The number of allylic oxidation sites excluding steroid dienone is 2. The van der Waals surface area contributed by atoms with Crippen LogP contribution >= 0.6 is 0 Å². The maximum atomic E-state index is 6.34. The first-order valence-electron chi connectivity index (χ1n) is 9.35. The van der Waals surface area contributed by atoms with E-state index in [2.05, 4.69) is 75.6 Å². The highest BCUT2D eigenvalue weighted by Crippen LogP contribution is 2.26. The van der Waals surface area contributed by atoms with Crippen LogP contribution in [0.1, 0.15) is 45.7 Å². The summed E-state index contributed by atoms with van der Waals surface area (Å²) in [5, 5.41) is 2.45. The maximum Gasteiger partial charge on any atom is 0.211 e. The fourth-order valence-corrected chi connectivity index (χ4v) is 4.24. The third-order valence-corrected chi connectivity index (χ3v) is 5.45. The van der Waals surface area contributed by atoms with E-state index in [9.17, 15) is 0 Å². The Kier molecular flexibility index (Phi) is 3.87. The highest BCUT2D eigenvalue weighted by Gasteiger charge is 2.33. The Morgan fingerprint density at radius 2 is 1.77 bits per heavy atom. The van der Waals surface area contributed by atoms with Gasteiger partial charge in [-0.15, -0.1) is 0 Å². The summed E-state index contributed by atoms with van der Waals surface area (Å²) >= 11 is 0. The predicted octanol–water partition coefficient (Wildman–Crippen LogP) is 4.00. The first-order valence-corrected chi connectivity index (χ1v) is 9.35. The fourth-order valence-electron chi connectivity index (χ4n) is 4.24. The number of ether oxygens (including phenoxy) is 1. The first-order chi connectivity index (χ1) is 12.4. The number of nitrogens with zero attached hydrogens (tertiary/aromatic N) is 1. The molecule has 0 aliphatic carbocycles. The normalized spacial score (nSPS) is 17.7. The summed E-state index contributed by atoms with van der Waals surface area (Å²) in [6.45, 7) is 12.1. The summed E-state index contributed by atoms with van der Waals surface area (Å²) < 4.78 is 8.80. The monoisotopic (exact) mass is 344 g/mol. The standard InChI is InChI=1S/C24H26NO/c1-6-25-21-14-23-20(13-19(21)17(3)15-24(25,4)5)16(2)12-22(26-23)18-10-8-7-9-11-18/h7-15H,6H2,1-5H3/q+1. The number of benzene rings is 2. The Labute approximate surface area is 155 Å². The van der Waals surface area contributed by atoms with Crippen LogP contribution in [0, 0.1) is 0 Å². The molecule has 26 heavy (non-hydrogen) atoms. The Morgan fingerprint density at radius 3 is 2.46 bits per heavy atom. The van der Waals surface area contributed by atoms with Gasteiger partial charge in [0.2, 0.25) is 5.36 Å². The van der Waals surface area contributed by atoms with E-state index >= 15 is 0 Å². The molecule has 2 aliphatic heterocycles. The molecule has 0 saturated carbocycles. The molecule has 0 fully saturated rings. The Balaban J connectivity index is 1.98. The van der Waals surface area contributed by atoms with Crippen LogP contribution in [-0.2, 0) is 0 Å². The quantitative estimate of drug-likeness (QED) is 0.750. The zero-order valence-electron chi connectivity index (χ0n) is 16.3. The number of hydrogen-bond donors (Lipinski definition) is 0. The van der Waals surface area contributed by atoms with E-state index in [1.165, 1.54) is 27.3 Å². The second-order valence-electron chi connectivity index (χ2n) is 7.75. The van der Waals surface area contributed by atoms with Crippen molar-refractivity contribution >= 4 is 16.9 Å². The van der Waals surface area contributed by atoms with Gasteiger partial charge >= 0.3 is 0 Å². The lowest BCUT2D eigenvalue weighted by molar-refractivity contribution is 0.400. The first kappa shape index (κ1) is 16.8. The van der Waals surface area contributed by atoms with E-state index < -0.39 is 0 Å². The molecule has 2 heterocycles. The van der Waals surface area contributed by atoms with E-state index in [4.69, 9.17) is 4.74 Å². The second kappa shape index (κ2) is 5.98. The minimum atomic E-state index is 0.00555. The third-order valence-electron chi connectivity index (χ3n) is 5.45. The molecule has 132 valence electrons. The van der Waals surface area contributed by atoms with Gasteiger partial charge in [-0.1, -0.05) is 30.3 Å². The van der Waals surface area contributed by atoms with Crippen LogP contribution in [0.3, 0.4) is 0 Å². The summed E-state index contributed by atoms with van der Waals surface area (Å²) in [6, 6.07) is 14.8. The van der Waals surface area contributed by atoms with Crippen LogP contribution in [-0.4, -0.2) is 12.1 Å². The highest BCUT2D eigenvalue weighted by molar-refractivity contribution is 5.78. The third kappa shape index (κ3) is 2.61. The maximum absolute atomic E-state index is 6.34. The van der Waals surface area contributed by atoms with Gasteiger partial charge in [-0.25, -0.2) is 4.58 Å². The molecule has 2 aliphatic rings. The molecule has 0 N–H and O–H groups in total. The number of hydrogen-bond acceptors (Lipinski definition) is 1. The zero-order chi connectivity index (χ0) is 18.5. The SMILES string of the molecule is CC[N+]1=c2cc3c(cc2C(C)=CC1(C)C)=C(C)C=C(c1ccccc1)O3. The van der Waals surface area contributed by atoms with Crippen molar-refractivity contribution in [1.82, 2.24) is 4.58 Å². The Hall–Kier alpha value is -2.61. The summed E-state index contributed by atoms with van der Waals surface area (Å²) in [5.74, 6) is 1.87. The van der Waals surface area contributed by atoms with Gasteiger partial charge in [0.15, 0.2) is 5.54 Å². The van der Waals surface area contributed by atoms with E-state index in [0.29, 0.717) is 0 Å². The van der Waals surface area contributed by atoms with Crippen molar-refractivity contribution in [2.45, 2.75) is 40.2 Å². The lowest BCUT2D eigenvalue weighted by Gasteiger charge is -2.25. The molecule has 4 rings (SSSR count).